The summed E-state index contributed by atoms with van der Waals surface area (Å²) in [7, 11) is 0. The fourth-order valence-corrected chi connectivity index (χ4v) is 2.02. The van der Waals surface area contributed by atoms with Gasteiger partial charge in [-0.1, -0.05) is 20.4 Å². The summed E-state index contributed by atoms with van der Waals surface area (Å²) < 4.78 is 5.23. The van der Waals surface area contributed by atoms with Gasteiger partial charge in [-0.3, -0.25) is 4.90 Å². The average molecular weight is 255 g/mol. The molecule has 0 bridgehead atoms. The van der Waals surface area contributed by atoms with Crippen molar-refractivity contribution < 1.29 is 19.4 Å². The van der Waals surface area contributed by atoms with Crippen LogP contribution in [-0.4, -0.2) is 40.3 Å². The summed E-state index contributed by atoms with van der Waals surface area (Å²) in [5, 5.41) is 9.29. The van der Waals surface area contributed by atoms with Crippen LogP contribution in [0.2, 0.25) is 0 Å². The molecular weight excluding hydrogens is 234 g/mol. The first kappa shape index (κ1) is 14.5. The number of carbonyl (C=O) groups is 2. The van der Waals surface area contributed by atoms with E-state index >= 15 is 0 Å². The summed E-state index contributed by atoms with van der Waals surface area (Å²) in [6, 6.07) is -0.931. The zero-order valence-electron chi connectivity index (χ0n) is 11.6. The molecule has 1 fully saturated rings. The Morgan fingerprint density at radius 1 is 1.44 bits per heavy atom. The van der Waals surface area contributed by atoms with Crippen molar-refractivity contribution in [1.82, 2.24) is 4.90 Å². The van der Waals surface area contributed by atoms with Crippen molar-refractivity contribution in [3.63, 3.8) is 0 Å². The third-order valence-electron chi connectivity index (χ3n) is 3.13. The van der Waals surface area contributed by atoms with Crippen LogP contribution < -0.4 is 0 Å². The van der Waals surface area contributed by atoms with E-state index in [2.05, 4.69) is 6.58 Å². The topological polar surface area (TPSA) is 66.8 Å². The molecule has 0 aromatic heterocycles. The van der Waals surface area contributed by atoms with Crippen LogP contribution in [0.1, 0.15) is 34.6 Å². The fraction of sp³-hybridized carbons (Fsp3) is 0.692. The van der Waals surface area contributed by atoms with Gasteiger partial charge < -0.3 is 9.84 Å². The Hall–Kier alpha value is -1.52. The van der Waals surface area contributed by atoms with Crippen molar-refractivity contribution in [2.75, 3.05) is 6.54 Å². The first-order chi connectivity index (χ1) is 7.97. The maximum atomic E-state index is 12.0. The summed E-state index contributed by atoms with van der Waals surface area (Å²) in [4.78, 5) is 24.6. The lowest BCUT2D eigenvalue weighted by Crippen LogP contribution is -2.47. The minimum absolute atomic E-state index is 0.221. The van der Waals surface area contributed by atoms with Gasteiger partial charge in [0.1, 0.15) is 11.6 Å². The lowest BCUT2D eigenvalue weighted by atomic mass is 9.81. The predicted octanol–water partition coefficient (Wildman–Crippen LogP) is 2.27. The smallest absolute Gasteiger partial charge is 0.411 e. The zero-order chi connectivity index (χ0) is 14.3. The predicted molar refractivity (Wildman–Crippen MR) is 67.3 cm³/mol. The second-order valence-electron chi connectivity index (χ2n) is 6.17. The number of aliphatic carboxylic acids is 1. The molecule has 1 heterocycles. The molecule has 1 unspecified atom stereocenters. The quantitative estimate of drug-likeness (QED) is 0.730. The van der Waals surface area contributed by atoms with Crippen LogP contribution in [0.4, 0.5) is 4.79 Å². The molecule has 0 saturated carbocycles. The van der Waals surface area contributed by atoms with Gasteiger partial charge in [-0.25, -0.2) is 9.59 Å². The van der Waals surface area contributed by atoms with E-state index in [0.717, 1.165) is 5.57 Å². The molecule has 1 saturated heterocycles. The molecule has 0 spiro atoms. The van der Waals surface area contributed by atoms with E-state index in [-0.39, 0.29) is 6.54 Å². The Balaban J connectivity index is 2.99. The first-order valence-electron chi connectivity index (χ1n) is 5.87. The van der Waals surface area contributed by atoms with Crippen LogP contribution in [0.3, 0.4) is 0 Å². The normalized spacial score (nSPS) is 23.1. The van der Waals surface area contributed by atoms with Crippen molar-refractivity contribution in [3.05, 3.63) is 12.2 Å². The second-order valence-corrected chi connectivity index (χ2v) is 6.17. The average Bonchev–Trinajstić information content (AvgIpc) is 2.35. The molecule has 1 atom stereocenters. The molecule has 102 valence electrons. The fourth-order valence-electron chi connectivity index (χ4n) is 2.02. The molecule has 1 amide bonds. The van der Waals surface area contributed by atoms with Gasteiger partial charge >= 0.3 is 12.1 Å². The number of amides is 1. The maximum Gasteiger partial charge on any atom is 0.411 e. The summed E-state index contributed by atoms with van der Waals surface area (Å²) in [5.74, 6) is -1.04. The molecule has 18 heavy (non-hydrogen) atoms. The molecule has 0 aliphatic carbocycles. The van der Waals surface area contributed by atoms with E-state index in [1.807, 2.05) is 0 Å². The van der Waals surface area contributed by atoms with E-state index in [1.165, 1.54) is 4.90 Å². The molecule has 0 aromatic rings. The Morgan fingerprint density at radius 2 is 1.94 bits per heavy atom. The summed E-state index contributed by atoms with van der Waals surface area (Å²) in [6.45, 7) is 12.9. The van der Waals surface area contributed by atoms with Crippen LogP contribution in [0, 0.1) is 5.41 Å². The van der Waals surface area contributed by atoms with E-state index in [4.69, 9.17) is 4.74 Å². The summed E-state index contributed by atoms with van der Waals surface area (Å²) in [5.41, 5.74) is -0.572. The van der Waals surface area contributed by atoms with Crippen molar-refractivity contribution in [2.24, 2.45) is 5.41 Å². The van der Waals surface area contributed by atoms with Crippen LogP contribution >= 0.6 is 0 Å². The molecule has 1 N–H and O–H groups in total. The van der Waals surface area contributed by atoms with Gasteiger partial charge in [0.25, 0.3) is 0 Å². The highest BCUT2D eigenvalue weighted by molar-refractivity contribution is 5.83. The Morgan fingerprint density at radius 3 is 2.33 bits per heavy atom. The maximum absolute atomic E-state index is 12.0. The number of ether oxygens (including phenoxy) is 1. The van der Waals surface area contributed by atoms with Crippen LogP contribution in [0.25, 0.3) is 0 Å². The molecule has 5 heteroatoms. The highest BCUT2D eigenvalue weighted by Crippen LogP contribution is 2.40. The number of rotatable bonds is 1. The standard InChI is InChI=1S/C13H21NO4/c1-8-7-14(11(17)18-12(2,3)4)9(10(15)16)13(8,5)6/h9H,1,7H2,2-6H3,(H,15,16). The lowest BCUT2D eigenvalue weighted by Gasteiger charge is -2.30. The molecule has 1 aliphatic heterocycles. The van der Waals surface area contributed by atoms with Gasteiger partial charge in [-0.15, -0.1) is 0 Å². The minimum atomic E-state index is -1.04. The number of hydrogen-bond acceptors (Lipinski definition) is 3. The van der Waals surface area contributed by atoms with Gasteiger partial charge in [0.05, 0.1) is 0 Å². The van der Waals surface area contributed by atoms with Crippen LogP contribution in [0.5, 0.6) is 0 Å². The highest BCUT2D eigenvalue weighted by Gasteiger charge is 2.50. The number of likely N-dealkylation sites (tertiary alicyclic amines) is 1. The highest BCUT2D eigenvalue weighted by atomic mass is 16.6. The molecule has 0 aromatic carbocycles. The minimum Gasteiger partial charge on any atom is -0.480 e. The van der Waals surface area contributed by atoms with E-state index < -0.39 is 29.1 Å². The van der Waals surface area contributed by atoms with Crippen molar-refractivity contribution in [3.8, 4) is 0 Å². The molecule has 5 nitrogen and oxygen atoms in total. The first-order valence-corrected chi connectivity index (χ1v) is 5.87. The summed E-state index contributed by atoms with van der Waals surface area (Å²) in [6.07, 6.45) is -0.610. The van der Waals surface area contributed by atoms with Gasteiger partial charge in [0, 0.05) is 12.0 Å². The van der Waals surface area contributed by atoms with Crippen LogP contribution in [-0.2, 0) is 9.53 Å². The van der Waals surface area contributed by atoms with Gasteiger partial charge in [-0.05, 0) is 26.3 Å². The van der Waals surface area contributed by atoms with Gasteiger partial charge in [-0.2, -0.15) is 0 Å². The van der Waals surface area contributed by atoms with Gasteiger partial charge in [0.2, 0.25) is 0 Å². The SMILES string of the molecule is C=C1CN(C(=O)OC(C)(C)C)C(C(=O)O)C1(C)C. The number of hydrogen-bond donors (Lipinski definition) is 1. The van der Waals surface area contributed by atoms with E-state index in [0.29, 0.717) is 0 Å². The Kier molecular flexibility index (Phi) is 3.47. The third-order valence-corrected chi connectivity index (χ3v) is 3.13. The van der Waals surface area contributed by atoms with E-state index in [9.17, 15) is 14.7 Å². The Bertz CT molecular complexity index is 392. The number of nitrogens with zero attached hydrogens (tertiary/aromatic N) is 1. The third kappa shape index (κ3) is 2.66. The molecule has 1 aliphatic rings. The monoisotopic (exact) mass is 255 g/mol. The van der Waals surface area contributed by atoms with Crippen molar-refractivity contribution in [1.29, 1.82) is 0 Å². The van der Waals surface area contributed by atoms with Gasteiger partial charge in [0.15, 0.2) is 0 Å². The lowest BCUT2D eigenvalue weighted by molar-refractivity contribution is -0.144. The summed E-state index contributed by atoms with van der Waals surface area (Å²) >= 11 is 0. The number of carbonyl (C=O) groups excluding carboxylic acids is 1. The van der Waals surface area contributed by atoms with Crippen LogP contribution in [0.15, 0.2) is 12.2 Å². The van der Waals surface area contributed by atoms with Crippen molar-refractivity contribution in [2.45, 2.75) is 46.3 Å². The molecular formula is C13H21NO4. The number of carboxylic acid groups (broad SMARTS) is 1. The second kappa shape index (κ2) is 4.30. The molecule has 0 radical (unpaired) electrons. The van der Waals surface area contributed by atoms with E-state index in [1.54, 1.807) is 34.6 Å². The molecule has 1 rings (SSSR count). The largest absolute Gasteiger partial charge is 0.480 e. The van der Waals surface area contributed by atoms with Crippen molar-refractivity contribution >= 4 is 12.1 Å². The number of carboxylic acids is 1. The zero-order valence-corrected chi connectivity index (χ0v) is 11.6. The Labute approximate surface area is 107 Å².